The largest absolute Gasteiger partial charge is 0.352 e. The van der Waals surface area contributed by atoms with Gasteiger partial charge in [0.2, 0.25) is 0 Å². The molecule has 1 amide bonds. The van der Waals surface area contributed by atoms with Crippen LogP contribution in [0.1, 0.15) is 10.4 Å². The number of rotatable bonds is 4. The number of pyridine rings is 1. The number of amides is 1. The molecule has 22 heavy (non-hydrogen) atoms. The van der Waals surface area contributed by atoms with Crippen LogP contribution in [0.3, 0.4) is 0 Å². The SMILES string of the molecule is O=C(NC1CNC1)c1cnccc1Nc1ccc(I)cc1F. The molecule has 7 heteroatoms. The van der Waals surface area contributed by atoms with E-state index in [-0.39, 0.29) is 17.8 Å². The predicted molar refractivity (Wildman–Crippen MR) is 90.8 cm³/mol. The molecule has 3 rings (SSSR count). The molecule has 1 aliphatic rings. The monoisotopic (exact) mass is 412 g/mol. The fraction of sp³-hybridized carbons (Fsp3) is 0.200. The second-order valence-electron chi connectivity index (χ2n) is 5.00. The van der Waals surface area contributed by atoms with Gasteiger partial charge in [-0.05, 0) is 46.9 Å². The average molecular weight is 412 g/mol. The highest BCUT2D eigenvalue weighted by molar-refractivity contribution is 14.1. The molecular formula is C15H14FIN4O. The zero-order valence-electron chi connectivity index (χ0n) is 11.6. The van der Waals surface area contributed by atoms with Crippen LogP contribution in [0.25, 0.3) is 0 Å². The third kappa shape index (κ3) is 3.36. The van der Waals surface area contributed by atoms with Crippen molar-refractivity contribution in [1.82, 2.24) is 15.6 Å². The predicted octanol–water partition coefficient (Wildman–Crippen LogP) is 2.27. The van der Waals surface area contributed by atoms with Crippen LogP contribution in [-0.4, -0.2) is 30.0 Å². The van der Waals surface area contributed by atoms with E-state index in [0.717, 1.165) is 16.7 Å². The molecule has 1 saturated heterocycles. The standard InChI is InChI=1S/C15H14FIN4O/c16-12-5-9(17)1-2-14(12)21-13-3-4-18-8-11(13)15(22)20-10-6-19-7-10/h1-5,8,10,19H,6-7H2,(H,18,21)(H,20,22). The van der Waals surface area contributed by atoms with Crippen molar-refractivity contribution < 1.29 is 9.18 Å². The summed E-state index contributed by atoms with van der Waals surface area (Å²) in [7, 11) is 0. The van der Waals surface area contributed by atoms with Crippen molar-refractivity contribution in [3.05, 3.63) is 51.6 Å². The number of aromatic nitrogens is 1. The summed E-state index contributed by atoms with van der Waals surface area (Å²) >= 11 is 2.05. The first-order valence-corrected chi connectivity index (χ1v) is 7.89. The second kappa shape index (κ2) is 6.57. The maximum Gasteiger partial charge on any atom is 0.255 e. The first kappa shape index (κ1) is 15.2. The Morgan fingerprint density at radius 3 is 2.82 bits per heavy atom. The molecule has 0 aliphatic carbocycles. The van der Waals surface area contributed by atoms with Crippen molar-refractivity contribution in [2.45, 2.75) is 6.04 Å². The highest BCUT2D eigenvalue weighted by Gasteiger charge is 2.21. The Bertz CT molecular complexity index is 706. The van der Waals surface area contributed by atoms with Crippen LogP contribution in [0.2, 0.25) is 0 Å². The van der Waals surface area contributed by atoms with Crippen LogP contribution in [0.5, 0.6) is 0 Å². The minimum absolute atomic E-state index is 0.135. The van der Waals surface area contributed by atoms with Gasteiger partial charge in [0.1, 0.15) is 5.82 Å². The lowest BCUT2D eigenvalue weighted by Crippen LogP contribution is -2.57. The van der Waals surface area contributed by atoms with Crippen molar-refractivity contribution in [1.29, 1.82) is 0 Å². The summed E-state index contributed by atoms with van der Waals surface area (Å²) < 4.78 is 14.8. The van der Waals surface area contributed by atoms with Gasteiger partial charge in [0.05, 0.1) is 23.0 Å². The highest BCUT2D eigenvalue weighted by atomic mass is 127. The Labute approximate surface area is 140 Å². The summed E-state index contributed by atoms with van der Waals surface area (Å²) in [6.07, 6.45) is 3.04. The minimum Gasteiger partial charge on any atom is -0.352 e. The van der Waals surface area contributed by atoms with Gasteiger partial charge < -0.3 is 16.0 Å². The summed E-state index contributed by atoms with van der Waals surface area (Å²) in [6.45, 7) is 1.53. The van der Waals surface area contributed by atoms with E-state index in [0.29, 0.717) is 16.9 Å². The van der Waals surface area contributed by atoms with Gasteiger partial charge in [0, 0.05) is 29.1 Å². The molecule has 1 aromatic carbocycles. The van der Waals surface area contributed by atoms with Crippen LogP contribution in [0.15, 0.2) is 36.7 Å². The van der Waals surface area contributed by atoms with Crippen LogP contribution in [0, 0.1) is 9.39 Å². The van der Waals surface area contributed by atoms with Gasteiger partial charge in [-0.1, -0.05) is 0 Å². The first-order chi connectivity index (χ1) is 10.6. The van der Waals surface area contributed by atoms with Crippen molar-refractivity contribution in [3.63, 3.8) is 0 Å². The fourth-order valence-electron chi connectivity index (χ4n) is 2.07. The molecule has 114 valence electrons. The number of nitrogens with one attached hydrogen (secondary N) is 3. The van der Waals surface area contributed by atoms with E-state index in [9.17, 15) is 9.18 Å². The van der Waals surface area contributed by atoms with E-state index >= 15 is 0 Å². The van der Waals surface area contributed by atoms with E-state index in [4.69, 9.17) is 0 Å². The van der Waals surface area contributed by atoms with Gasteiger partial charge in [-0.3, -0.25) is 9.78 Å². The van der Waals surface area contributed by atoms with Gasteiger partial charge >= 0.3 is 0 Å². The lowest BCUT2D eigenvalue weighted by Gasteiger charge is -2.28. The number of carbonyl (C=O) groups excluding carboxylic acids is 1. The minimum atomic E-state index is -0.363. The lowest BCUT2D eigenvalue weighted by molar-refractivity contribution is 0.0924. The Morgan fingerprint density at radius 1 is 1.32 bits per heavy atom. The van der Waals surface area contributed by atoms with Gasteiger partial charge in [-0.15, -0.1) is 0 Å². The topological polar surface area (TPSA) is 66.0 Å². The van der Waals surface area contributed by atoms with Gasteiger partial charge in [-0.25, -0.2) is 4.39 Å². The fourth-order valence-corrected chi connectivity index (χ4v) is 2.53. The third-order valence-corrected chi connectivity index (χ3v) is 4.05. The molecule has 0 unspecified atom stereocenters. The van der Waals surface area contributed by atoms with E-state index in [1.807, 2.05) is 22.6 Å². The average Bonchev–Trinajstić information content (AvgIpc) is 2.46. The zero-order valence-corrected chi connectivity index (χ0v) is 13.7. The van der Waals surface area contributed by atoms with Crippen molar-refractivity contribution in [2.24, 2.45) is 0 Å². The van der Waals surface area contributed by atoms with Crippen LogP contribution >= 0.6 is 22.6 Å². The van der Waals surface area contributed by atoms with E-state index in [2.05, 4.69) is 20.9 Å². The second-order valence-corrected chi connectivity index (χ2v) is 6.24. The van der Waals surface area contributed by atoms with E-state index < -0.39 is 0 Å². The van der Waals surface area contributed by atoms with Crippen LogP contribution in [0.4, 0.5) is 15.8 Å². The maximum atomic E-state index is 14.0. The molecule has 0 radical (unpaired) electrons. The Kier molecular flexibility index (Phi) is 4.53. The van der Waals surface area contributed by atoms with Gasteiger partial charge in [0.25, 0.3) is 5.91 Å². The van der Waals surface area contributed by atoms with Crippen LogP contribution in [-0.2, 0) is 0 Å². The van der Waals surface area contributed by atoms with Crippen molar-refractivity contribution in [3.8, 4) is 0 Å². The number of nitrogens with zero attached hydrogens (tertiary/aromatic N) is 1. The molecule has 1 aromatic heterocycles. The summed E-state index contributed by atoms with van der Waals surface area (Å²) in [4.78, 5) is 16.3. The molecule has 1 aliphatic heterocycles. The number of halogens is 2. The third-order valence-electron chi connectivity index (χ3n) is 3.38. The molecule has 0 spiro atoms. The number of benzene rings is 1. The molecule has 0 atom stereocenters. The van der Waals surface area contributed by atoms with Gasteiger partial charge in [-0.2, -0.15) is 0 Å². The molecule has 3 N–H and O–H groups in total. The Morgan fingerprint density at radius 2 is 2.14 bits per heavy atom. The summed E-state index contributed by atoms with van der Waals surface area (Å²) in [5, 5.41) is 8.96. The summed E-state index contributed by atoms with van der Waals surface area (Å²) in [5.74, 6) is -0.578. The summed E-state index contributed by atoms with van der Waals surface area (Å²) in [5.41, 5.74) is 1.25. The quantitative estimate of drug-likeness (QED) is 0.675. The van der Waals surface area contributed by atoms with Crippen molar-refractivity contribution in [2.75, 3.05) is 18.4 Å². The number of anilines is 2. The molecule has 0 saturated carbocycles. The van der Waals surface area contributed by atoms with E-state index in [1.54, 1.807) is 24.4 Å². The maximum absolute atomic E-state index is 14.0. The van der Waals surface area contributed by atoms with Crippen LogP contribution < -0.4 is 16.0 Å². The molecule has 2 heterocycles. The molecule has 2 aromatic rings. The Hall–Kier alpha value is -1.74. The molecule has 1 fully saturated rings. The van der Waals surface area contributed by atoms with Gasteiger partial charge in [0.15, 0.2) is 0 Å². The molecule has 5 nitrogen and oxygen atoms in total. The summed E-state index contributed by atoms with van der Waals surface area (Å²) in [6, 6.07) is 6.67. The number of hydrogen-bond donors (Lipinski definition) is 3. The lowest BCUT2D eigenvalue weighted by atomic mass is 10.1. The molecular weight excluding hydrogens is 398 g/mol. The van der Waals surface area contributed by atoms with E-state index in [1.165, 1.54) is 12.3 Å². The van der Waals surface area contributed by atoms with Crippen molar-refractivity contribution >= 4 is 39.9 Å². The zero-order chi connectivity index (χ0) is 15.5. The first-order valence-electron chi connectivity index (χ1n) is 6.81. The normalized spacial score (nSPS) is 14.3. The number of carbonyl (C=O) groups is 1. The number of hydrogen-bond acceptors (Lipinski definition) is 4. The smallest absolute Gasteiger partial charge is 0.255 e. The molecule has 0 bridgehead atoms. The Balaban J connectivity index is 1.82. The highest BCUT2D eigenvalue weighted by Crippen LogP contribution is 2.24.